The van der Waals surface area contributed by atoms with Crippen LogP contribution in [0, 0.1) is 0 Å². The minimum absolute atomic E-state index is 0.0660. The fourth-order valence-electron chi connectivity index (χ4n) is 1.29. The van der Waals surface area contributed by atoms with Crippen LogP contribution in [0.5, 0.6) is 0 Å². The Labute approximate surface area is 84.7 Å². The fourth-order valence-corrected chi connectivity index (χ4v) is 2.15. The quantitative estimate of drug-likeness (QED) is 0.705. The van der Waals surface area contributed by atoms with Gasteiger partial charge in [0.2, 0.25) is 0 Å². The lowest BCUT2D eigenvalue weighted by Gasteiger charge is -2.40. The summed E-state index contributed by atoms with van der Waals surface area (Å²) >= 11 is 3.38. The Morgan fingerprint density at radius 3 is 2.62 bits per heavy atom. The van der Waals surface area contributed by atoms with Gasteiger partial charge in [0.05, 0.1) is 12.2 Å². The van der Waals surface area contributed by atoms with E-state index in [0.29, 0.717) is 6.61 Å². The molecular weight excluding hydrogens is 246 g/mol. The lowest BCUT2D eigenvalue weighted by atomic mass is 9.91. The van der Waals surface area contributed by atoms with Gasteiger partial charge in [0.25, 0.3) is 6.43 Å². The molecule has 0 aromatic carbocycles. The predicted molar refractivity (Wildman–Crippen MR) is 48.5 cm³/mol. The summed E-state index contributed by atoms with van der Waals surface area (Å²) in [5, 5.41) is 0. The molecule has 0 saturated heterocycles. The molecule has 1 aliphatic carbocycles. The molecule has 1 fully saturated rings. The lowest BCUT2D eigenvalue weighted by molar-refractivity contribution is -0.136. The first kappa shape index (κ1) is 11.3. The van der Waals surface area contributed by atoms with E-state index in [9.17, 15) is 8.78 Å². The van der Waals surface area contributed by atoms with E-state index in [1.807, 2.05) is 6.92 Å². The predicted octanol–water partition coefficient (Wildman–Crippen LogP) is 2.21. The van der Waals surface area contributed by atoms with Crippen molar-refractivity contribution in [1.29, 1.82) is 0 Å². The second-order valence-electron chi connectivity index (χ2n) is 2.93. The maximum absolute atomic E-state index is 11.8. The van der Waals surface area contributed by atoms with Crippen molar-refractivity contribution in [3.05, 3.63) is 0 Å². The van der Waals surface area contributed by atoms with E-state index in [4.69, 9.17) is 9.47 Å². The molecule has 2 nitrogen and oxygen atoms in total. The van der Waals surface area contributed by atoms with E-state index in [-0.39, 0.29) is 17.0 Å². The van der Waals surface area contributed by atoms with E-state index in [0.717, 1.165) is 6.42 Å². The van der Waals surface area contributed by atoms with Crippen LogP contribution >= 0.6 is 15.9 Å². The summed E-state index contributed by atoms with van der Waals surface area (Å²) < 4.78 is 33.9. The third-order valence-corrected chi connectivity index (χ3v) is 2.87. The van der Waals surface area contributed by atoms with Gasteiger partial charge < -0.3 is 9.47 Å². The van der Waals surface area contributed by atoms with E-state index < -0.39 is 13.0 Å². The number of halogens is 3. The Balaban J connectivity index is 2.20. The molecule has 1 saturated carbocycles. The van der Waals surface area contributed by atoms with Gasteiger partial charge in [-0.25, -0.2) is 8.78 Å². The first-order valence-corrected chi connectivity index (χ1v) is 5.22. The fraction of sp³-hybridized carbons (Fsp3) is 1.00. The van der Waals surface area contributed by atoms with Gasteiger partial charge in [-0.05, 0) is 13.3 Å². The maximum Gasteiger partial charge on any atom is 0.261 e. The number of hydrogen-bond donors (Lipinski definition) is 0. The van der Waals surface area contributed by atoms with Crippen LogP contribution in [0.3, 0.4) is 0 Å². The largest absolute Gasteiger partial charge is 0.375 e. The Bertz CT molecular complexity index is 157. The van der Waals surface area contributed by atoms with Gasteiger partial charge in [0.1, 0.15) is 6.61 Å². The standard InChI is InChI=1S/C8H13BrF2O2/c1-2-12-8-5(9)3-6(8)13-4-7(10)11/h5-8H,2-4H2,1H3. The van der Waals surface area contributed by atoms with Crippen molar-refractivity contribution in [3.8, 4) is 0 Å². The highest BCUT2D eigenvalue weighted by molar-refractivity contribution is 9.09. The molecule has 0 radical (unpaired) electrons. The van der Waals surface area contributed by atoms with Crippen molar-refractivity contribution < 1.29 is 18.3 Å². The highest BCUT2D eigenvalue weighted by Gasteiger charge is 2.41. The molecule has 3 unspecified atom stereocenters. The van der Waals surface area contributed by atoms with Crippen LogP contribution in [-0.4, -0.2) is 36.7 Å². The average Bonchev–Trinajstić information content (AvgIpc) is 2.07. The van der Waals surface area contributed by atoms with Crippen molar-refractivity contribution >= 4 is 15.9 Å². The average molecular weight is 259 g/mol. The Morgan fingerprint density at radius 1 is 1.46 bits per heavy atom. The topological polar surface area (TPSA) is 18.5 Å². The van der Waals surface area contributed by atoms with Gasteiger partial charge in [-0.2, -0.15) is 0 Å². The number of alkyl halides is 3. The molecule has 0 aliphatic heterocycles. The smallest absolute Gasteiger partial charge is 0.261 e. The zero-order valence-electron chi connectivity index (χ0n) is 7.38. The van der Waals surface area contributed by atoms with Crippen LogP contribution in [0.25, 0.3) is 0 Å². The molecule has 13 heavy (non-hydrogen) atoms. The summed E-state index contributed by atoms with van der Waals surface area (Å²) in [6, 6.07) is 0. The van der Waals surface area contributed by atoms with Crippen LogP contribution < -0.4 is 0 Å². The number of ether oxygens (including phenoxy) is 2. The molecule has 5 heteroatoms. The molecule has 78 valence electrons. The monoisotopic (exact) mass is 258 g/mol. The molecule has 0 heterocycles. The third kappa shape index (κ3) is 3.14. The zero-order valence-corrected chi connectivity index (χ0v) is 8.97. The highest BCUT2D eigenvalue weighted by atomic mass is 79.9. The van der Waals surface area contributed by atoms with E-state index in [1.54, 1.807) is 0 Å². The first-order valence-electron chi connectivity index (χ1n) is 4.30. The SMILES string of the molecule is CCOC1C(Br)CC1OCC(F)F. The zero-order chi connectivity index (χ0) is 9.84. The van der Waals surface area contributed by atoms with Crippen LogP contribution in [0.2, 0.25) is 0 Å². The van der Waals surface area contributed by atoms with Crippen molar-refractivity contribution in [2.45, 2.75) is 36.8 Å². The molecule has 3 atom stereocenters. The van der Waals surface area contributed by atoms with Crippen molar-refractivity contribution in [1.82, 2.24) is 0 Å². The molecule has 0 aromatic heterocycles. The third-order valence-electron chi connectivity index (χ3n) is 1.98. The van der Waals surface area contributed by atoms with Crippen molar-refractivity contribution in [3.63, 3.8) is 0 Å². The molecule has 0 spiro atoms. The minimum atomic E-state index is -2.39. The second-order valence-corrected chi connectivity index (χ2v) is 4.11. The Kier molecular flexibility index (Phi) is 4.55. The number of rotatable bonds is 5. The van der Waals surface area contributed by atoms with Crippen LogP contribution in [0.1, 0.15) is 13.3 Å². The second kappa shape index (κ2) is 5.22. The lowest BCUT2D eigenvalue weighted by Crippen LogP contribution is -2.51. The van der Waals surface area contributed by atoms with Crippen LogP contribution in [-0.2, 0) is 9.47 Å². The highest BCUT2D eigenvalue weighted by Crippen LogP contribution is 2.33. The van der Waals surface area contributed by atoms with Gasteiger partial charge >= 0.3 is 0 Å². The Hall–Kier alpha value is 0.260. The van der Waals surface area contributed by atoms with E-state index in [1.165, 1.54) is 0 Å². The number of hydrogen-bond acceptors (Lipinski definition) is 2. The van der Waals surface area contributed by atoms with Gasteiger partial charge in [-0.1, -0.05) is 15.9 Å². The van der Waals surface area contributed by atoms with Gasteiger partial charge in [-0.3, -0.25) is 0 Å². The molecular formula is C8H13BrF2O2. The van der Waals surface area contributed by atoms with Crippen LogP contribution in [0.15, 0.2) is 0 Å². The van der Waals surface area contributed by atoms with Crippen molar-refractivity contribution in [2.75, 3.05) is 13.2 Å². The van der Waals surface area contributed by atoms with Gasteiger partial charge in [-0.15, -0.1) is 0 Å². The maximum atomic E-state index is 11.8. The van der Waals surface area contributed by atoms with Crippen LogP contribution in [0.4, 0.5) is 8.78 Å². The van der Waals surface area contributed by atoms with Gasteiger partial charge in [0.15, 0.2) is 0 Å². The molecule has 0 bridgehead atoms. The summed E-state index contributed by atoms with van der Waals surface area (Å²) in [7, 11) is 0. The molecule has 1 rings (SSSR count). The Morgan fingerprint density at radius 2 is 2.15 bits per heavy atom. The van der Waals surface area contributed by atoms with E-state index >= 15 is 0 Å². The first-order chi connectivity index (χ1) is 6.15. The molecule has 0 aromatic rings. The summed E-state index contributed by atoms with van der Waals surface area (Å²) in [6.45, 7) is 1.97. The summed E-state index contributed by atoms with van der Waals surface area (Å²) in [5.74, 6) is 0. The van der Waals surface area contributed by atoms with Crippen molar-refractivity contribution in [2.24, 2.45) is 0 Å². The van der Waals surface area contributed by atoms with E-state index in [2.05, 4.69) is 15.9 Å². The molecule has 0 N–H and O–H groups in total. The van der Waals surface area contributed by atoms with Gasteiger partial charge in [0, 0.05) is 11.4 Å². The normalized spacial score (nSPS) is 33.5. The molecule has 0 amide bonds. The molecule has 1 aliphatic rings. The summed E-state index contributed by atoms with van der Waals surface area (Å²) in [4.78, 5) is 0.245. The summed E-state index contributed by atoms with van der Waals surface area (Å²) in [5.41, 5.74) is 0. The summed E-state index contributed by atoms with van der Waals surface area (Å²) in [6.07, 6.45) is -1.88. The minimum Gasteiger partial charge on any atom is -0.375 e.